The summed E-state index contributed by atoms with van der Waals surface area (Å²) in [6.45, 7) is 6.13. The maximum atomic E-state index is 6.22. The van der Waals surface area contributed by atoms with Gasteiger partial charge in [-0.3, -0.25) is 4.98 Å². The number of aromatic nitrogens is 4. The molecule has 2 aromatic rings. The van der Waals surface area contributed by atoms with Gasteiger partial charge >= 0.3 is 0 Å². The fraction of sp³-hybridized carbons (Fsp3) is 0.462. The predicted molar refractivity (Wildman–Crippen MR) is 70.0 cm³/mol. The monoisotopic (exact) mass is 245 g/mol. The van der Waals surface area contributed by atoms with Gasteiger partial charge in [-0.2, -0.15) is 5.10 Å². The lowest BCUT2D eigenvalue weighted by molar-refractivity contribution is 0.493. The summed E-state index contributed by atoms with van der Waals surface area (Å²) in [4.78, 5) is 8.46. The van der Waals surface area contributed by atoms with Crippen molar-refractivity contribution in [1.82, 2.24) is 19.7 Å². The van der Waals surface area contributed by atoms with Crippen LogP contribution in [0, 0.1) is 6.92 Å². The van der Waals surface area contributed by atoms with Gasteiger partial charge in [0.2, 0.25) is 0 Å². The zero-order valence-corrected chi connectivity index (χ0v) is 11.0. The highest BCUT2D eigenvalue weighted by Gasteiger charge is 2.13. The molecule has 2 rings (SSSR count). The van der Waals surface area contributed by atoms with Crippen molar-refractivity contribution in [3.8, 4) is 0 Å². The third-order valence-corrected chi connectivity index (χ3v) is 2.89. The van der Waals surface area contributed by atoms with Gasteiger partial charge in [-0.25, -0.2) is 9.67 Å². The maximum absolute atomic E-state index is 6.22. The van der Waals surface area contributed by atoms with E-state index in [4.69, 9.17) is 5.73 Å². The van der Waals surface area contributed by atoms with Gasteiger partial charge in [0.15, 0.2) is 0 Å². The van der Waals surface area contributed by atoms with Gasteiger partial charge in [0.05, 0.1) is 0 Å². The Labute approximate surface area is 107 Å². The van der Waals surface area contributed by atoms with Crippen LogP contribution in [0.2, 0.25) is 0 Å². The standard InChI is InChI=1S/C13H19N5/c1-9(2)18-13(16-8-17-18)7-12(14)11-4-5-15-10(3)6-11/h4-6,8-9,12H,7,14H2,1-3H3. The van der Waals surface area contributed by atoms with Crippen LogP contribution in [-0.4, -0.2) is 19.7 Å². The Morgan fingerprint density at radius 2 is 2.11 bits per heavy atom. The summed E-state index contributed by atoms with van der Waals surface area (Å²) < 4.78 is 1.91. The maximum Gasteiger partial charge on any atom is 0.138 e. The predicted octanol–water partition coefficient (Wildman–Crippen LogP) is 1.80. The first-order valence-corrected chi connectivity index (χ1v) is 6.14. The van der Waals surface area contributed by atoms with Crippen LogP contribution in [0.1, 0.15) is 43.0 Å². The molecule has 2 N–H and O–H groups in total. The lowest BCUT2D eigenvalue weighted by Crippen LogP contribution is -2.18. The Balaban J connectivity index is 2.16. The summed E-state index contributed by atoms with van der Waals surface area (Å²) in [6, 6.07) is 4.19. The molecule has 18 heavy (non-hydrogen) atoms. The van der Waals surface area contributed by atoms with Crippen molar-refractivity contribution in [3.05, 3.63) is 41.7 Å². The van der Waals surface area contributed by atoms with Gasteiger partial charge in [-0.1, -0.05) is 0 Å². The van der Waals surface area contributed by atoms with Gasteiger partial charge in [0.1, 0.15) is 12.2 Å². The van der Waals surface area contributed by atoms with E-state index < -0.39 is 0 Å². The zero-order valence-electron chi connectivity index (χ0n) is 11.0. The van der Waals surface area contributed by atoms with Crippen molar-refractivity contribution in [3.63, 3.8) is 0 Å². The third-order valence-electron chi connectivity index (χ3n) is 2.89. The van der Waals surface area contributed by atoms with E-state index in [0.29, 0.717) is 12.5 Å². The lowest BCUT2D eigenvalue weighted by Gasteiger charge is -2.14. The normalized spacial score (nSPS) is 12.9. The van der Waals surface area contributed by atoms with E-state index >= 15 is 0 Å². The second kappa shape index (κ2) is 5.27. The van der Waals surface area contributed by atoms with Crippen molar-refractivity contribution >= 4 is 0 Å². The smallest absolute Gasteiger partial charge is 0.138 e. The Kier molecular flexibility index (Phi) is 3.72. The molecule has 0 aliphatic heterocycles. The van der Waals surface area contributed by atoms with Gasteiger partial charge in [0, 0.05) is 30.4 Å². The Morgan fingerprint density at radius 1 is 1.33 bits per heavy atom. The largest absolute Gasteiger partial charge is 0.324 e. The van der Waals surface area contributed by atoms with E-state index in [1.54, 1.807) is 12.5 Å². The number of nitrogens with two attached hydrogens (primary N) is 1. The van der Waals surface area contributed by atoms with E-state index in [0.717, 1.165) is 17.1 Å². The minimum atomic E-state index is -0.0756. The van der Waals surface area contributed by atoms with Crippen LogP contribution in [0.5, 0.6) is 0 Å². The first-order valence-electron chi connectivity index (χ1n) is 6.14. The fourth-order valence-electron chi connectivity index (χ4n) is 1.96. The summed E-state index contributed by atoms with van der Waals surface area (Å²) in [5, 5.41) is 4.22. The SMILES string of the molecule is Cc1cc(C(N)Cc2ncnn2C(C)C)ccn1. The molecule has 0 bridgehead atoms. The second-order valence-corrected chi connectivity index (χ2v) is 4.76. The van der Waals surface area contributed by atoms with E-state index in [9.17, 15) is 0 Å². The Morgan fingerprint density at radius 3 is 2.78 bits per heavy atom. The Hall–Kier alpha value is -1.75. The molecule has 2 aromatic heterocycles. The molecule has 1 atom stereocenters. The van der Waals surface area contributed by atoms with Crippen molar-refractivity contribution < 1.29 is 0 Å². The minimum absolute atomic E-state index is 0.0756. The molecule has 0 aromatic carbocycles. The summed E-state index contributed by atoms with van der Waals surface area (Å²) >= 11 is 0. The first-order chi connectivity index (χ1) is 8.58. The molecule has 5 heteroatoms. The summed E-state index contributed by atoms with van der Waals surface area (Å²) in [5.74, 6) is 0.923. The number of aryl methyl sites for hydroxylation is 1. The van der Waals surface area contributed by atoms with Crippen molar-refractivity contribution in [2.24, 2.45) is 5.73 Å². The fourth-order valence-corrected chi connectivity index (χ4v) is 1.96. The molecule has 5 nitrogen and oxygen atoms in total. The number of hydrogen-bond donors (Lipinski definition) is 1. The molecule has 1 unspecified atom stereocenters. The summed E-state index contributed by atoms with van der Waals surface area (Å²) in [6.07, 6.45) is 4.05. The van der Waals surface area contributed by atoms with Crippen LogP contribution in [-0.2, 0) is 6.42 Å². The first kappa shape index (κ1) is 12.7. The van der Waals surface area contributed by atoms with E-state index in [1.807, 2.05) is 23.7 Å². The van der Waals surface area contributed by atoms with Crippen LogP contribution in [0.3, 0.4) is 0 Å². The molecule has 0 saturated carbocycles. The molecule has 0 saturated heterocycles. The third kappa shape index (κ3) is 2.73. The van der Waals surface area contributed by atoms with Crippen LogP contribution in [0.15, 0.2) is 24.7 Å². The molecular weight excluding hydrogens is 226 g/mol. The number of rotatable bonds is 4. The molecule has 0 radical (unpaired) electrons. The van der Waals surface area contributed by atoms with Gasteiger partial charge in [0.25, 0.3) is 0 Å². The topological polar surface area (TPSA) is 69.6 Å². The van der Waals surface area contributed by atoms with Crippen molar-refractivity contribution in [2.75, 3.05) is 0 Å². The average molecular weight is 245 g/mol. The molecule has 0 aliphatic carbocycles. The van der Waals surface area contributed by atoms with E-state index in [1.165, 1.54) is 0 Å². The summed E-state index contributed by atoms with van der Waals surface area (Å²) in [7, 11) is 0. The minimum Gasteiger partial charge on any atom is -0.324 e. The Bertz CT molecular complexity index is 518. The molecule has 0 amide bonds. The van der Waals surface area contributed by atoms with Crippen molar-refractivity contribution in [1.29, 1.82) is 0 Å². The number of hydrogen-bond acceptors (Lipinski definition) is 4. The van der Waals surface area contributed by atoms with Crippen LogP contribution >= 0.6 is 0 Å². The number of pyridine rings is 1. The van der Waals surface area contributed by atoms with E-state index in [-0.39, 0.29) is 6.04 Å². The highest BCUT2D eigenvalue weighted by atomic mass is 15.3. The lowest BCUT2D eigenvalue weighted by atomic mass is 10.0. The van der Waals surface area contributed by atoms with Gasteiger partial charge in [-0.15, -0.1) is 0 Å². The molecule has 0 fully saturated rings. The molecule has 0 aliphatic rings. The molecule has 0 spiro atoms. The van der Waals surface area contributed by atoms with Crippen LogP contribution < -0.4 is 5.73 Å². The molecule has 2 heterocycles. The van der Waals surface area contributed by atoms with Gasteiger partial charge < -0.3 is 5.73 Å². The highest BCUT2D eigenvalue weighted by molar-refractivity contribution is 5.20. The van der Waals surface area contributed by atoms with Crippen LogP contribution in [0.4, 0.5) is 0 Å². The average Bonchev–Trinajstić information content (AvgIpc) is 2.77. The number of nitrogens with zero attached hydrogens (tertiary/aromatic N) is 4. The summed E-state index contributed by atoms with van der Waals surface area (Å²) in [5.41, 5.74) is 8.28. The highest BCUT2D eigenvalue weighted by Crippen LogP contribution is 2.16. The van der Waals surface area contributed by atoms with Gasteiger partial charge in [-0.05, 0) is 38.5 Å². The second-order valence-electron chi connectivity index (χ2n) is 4.76. The quantitative estimate of drug-likeness (QED) is 0.891. The van der Waals surface area contributed by atoms with E-state index in [2.05, 4.69) is 28.9 Å². The molecule has 96 valence electrons. The zero-order chi connectivity index (χ0) is 13.1. The van der Waals surface area contributed by atoms with Crippen LogP contribution in [0.25, 0.3) is 0 Å². The molecular formula is C13H19N5. The van der Waals surface area contributed by atoms with Crippen molar-refractivity contribution in [2.45, 2.75) is 39.3 Å².